The number of aliphatic imine (C=N–C) groups is 1. The molecule has 0 amide bonds. The molecule has 0 fully saturated rings. The summed E-state index contributed by atoms with van der Waals surface area (Å²) in [6.45, 7) is 10.3. The summed E-state index contributed by atoms with van der Waals surface area (Å²) in [5.41, 5.74) is 2.66. The van der Waals surface area contributed by atoms with Crippen LogP contribution in [-0.2, 0) is 6.42 Å². The zero-order valence-corrected chi connectivity index (χ0v) is 15.4. The molecule has 0 radical (unpaired) electrons. The van der Waals surface area contributed by atoms with E-state index in [1.54, 1.807) is 0 Å². The highest BCUT2D eigenvalue weighted by Crippen LogP contribution is 2.04. The lowest BCUT2D eigenvalue weighted by molar-refractivity contribution is 0.624. The van der Waals surface area contributed by atoms with Crippen molar-refractivity contribution in [3.05, 3.63) is 35.4 Å². The Kier molecular flexibility index (Phi) is 10.5. The van der Waals surface area contributed by atoms with Gasteiger partial charge in [-0.3, -0.25) is 4.99 Å². The van der Waals surface area contributed by atoms with Crippen molar-refractivity contribution in [1.29, 1.82) is 0 Å². The third-order valence-electron chi connectivity index (χ3n) is 3.09. The Hall–Kier alpha value is -0.780. The first-order valence-electron chi connectivity index (χ1n) is 7.26. The van der Waals surface area contributed by atoms with Gasteiger partial charge in [-0.05, 0) is 39.2 Å². The van der Waals surface area contributed by atoms with Crippen molar-refractivity contribution >= 4 is 29.9 Å². The standard InChI is InChI=1S/C16H27N3.HI/c1-5-14(4)19-16(17-6-2)18-11-10-15-9-7-8-13(3)12-15;/h7-9,12,14H,5-6,10-11H2,1-4H3,(H2,17,18,19);1H. The second kappa shape index (κ2) is 10.9. The quantitative estimate of drug-likeness (QED) is 0.444. The van der Waals surface area contributed by atoms with E-state index in [4.69, 9.17) is 0 Å². The first kappa shape index (κ1) is 19.2. The Morgan fingerprint density at radius 2 is 2.05 bits per heavy atom. The number of rotatable bonds is 6. The predicted molar refractivity (Wildman–Crippen MR) is 99.2 cm³/mol. The zero-order chi connectivity index (χ0) is 14.1. The highest BCUT2D eigenvalue weighted by atomic mass is 127. The summed E-state index contributed by atoms with van der Waals surface area (Å²) in [7, 11) is 0. The van der Waals surface area contributed by atoms with Crippen molar-refractivity contribution in [3.8, 4) is 0 Å². The maximum absolute atomic E-state index is 4.62. The van der Waals surface area contributed by atoms with Gasteiger partial charge in [0.05, 0.1) is 0 Å². The first-order chi connectivity index (χ1) is 9.15. The third kappa shape index (κ3) is 7.72. The molecule has 1 atom stereocenters. The number of nitrogens with zero attached hydrogens (tertiary/aromatic N) is 1. The Morgan fingerprint density at radius 3 is 2.65 bits per heavy atom. The van der Waals surface area contributed by atoms with Crippen molar-refractivity contribution in [2.24, 2.45) is 4.99 Å². The molecule has 0 aliphatic heterocycles. The molecule has 1 rings (SSSR count). The third-order valence-corrected chi connectivity index (χ3v) is 3.09. The smallest absolute Gasteiger partial charge is 0.191 e. The van der Waals surface area contributed by atoms with Gasteiger partial charge in [-0.15, -0.1) is 24.0 Å². The number of halogens is 1. The number of hydrogen-bond acceptors (Lipinski definition) is 1. The molecule has 20 heavy (non-hydrogen) atoms. The molecule has 0 saturated heterocycles. The van der Waals surface area contributed by atoms with Crippen molar-refractivity contribution in [2.45, 2.75) is 46.6 Å². The average Bonchev–Trinajstić information content (AvgIpc) is 2.39. The van der Waals surface area contributed by atoms with Crippen LogP contribution in [0.3, 0.4) is 0 Å². The van der Waals surface area contributed by atoms with Gasteiger partial charge < -0.3 is 10.6 Å². The molecule has 0 bridgehead atoms. The van der Waals surface area contributed by atoms with Gasteiger partial charge in [-0.25, -0.2) is 0 Å². The van der Waals surface area contributed by atoms with Crippen LogP contribution in [0.25, 0.3) is 0 Å². The van der Waals surface area contributed by atoms with Gasteiger partial charge >= 0.3 is 0 Å². The van der Waals surface area contributed by atoms with E-state index in [1.165, 1.54) is 11.1 Å². The SMILES string of the molecule is CCNC(=NCCc1cccc(C)c1)NC(C)CC.I. The summed E-state index contributed by atoms with van der Waals surface area (Å²) in [6, 6.07) is 9.08. The van der Waals surface area contributed by atoms with E-state index in [0.717, 1.165) is 31.9 Å². The molecule has 0 aliphatic rings. The molecule has 2 N–H and O–H groups in total. The van der Waals surface area contributed by atoms with E-state index in [-0.39, 0.29) is 24.0 Å². The number of guanidine groups is 1. The van der Waals surface area contributed by atoms with E-state index in [9.17, 15) is 0 Å². The largest absolute Gasteiger partial charge is 0.357 e. The molecular weight excluding hydrogens is 361 g/mol. The van der Waals surface area contributed by atoms with Crippen LogP contribution < -0.4 is 10.6 Å². The van der Waals surface area contributed by atoms with Crippen molar-refractivity contribution < 1.29 is 0 Å². The van der Waals surface area contributed by atoms with E-state index in [2.05, 4.69) is 67.6 Å². The number of aryl methyl sites for hydroxylation is 1. The topological polar surface area (TPSA) is 36.4 Å². The minimum atomic E-state index is 0. The summed E-state index contributed by atoms with van der Waals surface area (Å²) in [4.78, 5) is 4.62. The van der Waals surface area contributed by atoms with Gasteiger partial charge in [-0.2, -0.15) is 0 Å². The molecule has 1 aromatic carbocycles. The minimum absolute atomic E-state index is 0. The van der Waals surface area contributed by atoms with Gasteiger partial charge in [0.2, 0.25) is 0 Å². The van der Waals surface area contributed by atoms with Gasteiger partial charge in [0, 0.05) is 19.1 Å². The van der Waals surface area contributed by atoms with Gasteiger partial charge in [0.1, 0.15) is 0 Å². The molecule has 3 nitrogen and oxygen atoms in total. The van der Waals surface area contributed by atoms with Crippen LogP contribution in [0.15, 0.2) is 29.3 Å². The van der Waals surface area contributed by atoms with Crippen LogP contribution in [0.4, 0.5) is 0 Å². The zero-order valence-electron chi connectivity index (χ0n) is 13.1. The lowest BCUT2D eigenvalue weighted by Gasteiger charge is -2.16. The van der Waals surface area contributed by atoms with Crippen LogP contribution >= 0.6 is 24.0 Å². The molecule has 4 heteroatoms. The van der Waals surface area contributed by atoms with Gasteiger partial charge in [0.25, 0.3) is 0 Å². The normalized spacial score (nSPS) is 12.5. The van der Waals surface area contributed by atoms with Crippen molar-refractivity contribution in [3.63, 3.8) is 0 Å². The minimum Gasteiger partial charge on any atom is -0.357 e. The van der Waals surface area contributed by atoms with Crippen LogP contribution in [0, 0.1) is 6.92 Å². The fourth-order valence-corrected chi connectivity index (χ4v) is 1.82. The Balaban J connectivity index is 0.00000361. The lowest BCUT2D eigenvalue weighted by atomic mass is 10.1. The second-order valence-electron chi connectivity index (χ2n) is 4.95. The Morgan fingerprint density at radius 1 is 1.30 bits per heavy atom. The molecule has 0 aliphatic carbocycles. The molecule has 114 valence electrons. The fraction of sp³-hybridized carbons (Fsp3) is 0.562. The Labute approximate surface area is 140 Å². The number of hydrogen-bond donors (Lipinski definition) is 2. The van der Waals surface area contributed by atoms with Crippen LogP contribution in [0.2, 0.25) is 0 Å². The highest BCUT2D eigenvalue weighted by molar-refractivity contribution is 14.0. The molecule has 0 spiro atoms. The van der Waals surface area contributed by atoms with Crippen LogP contribution in [-0.4, -0.2) is 25.1 Å². The summed E-state index contributed by atoms with van der Waals surface area (Å²) in [6.07, 6.45) is 2.08. The molecule has 0 aromatic heterocycles. The number of benzene rings is 1. The van der Waals surface area contributed by atoms with E-state index >= 15 is 0 Å². The van der Waals surface area contributed by atoms with Crippen molar-refractivity contribution in [2.75, 3.05) is 13.1 Å². The summed E-state index contributed by atoms with van der Waals surface area (Å²) < 4.78 is 0. The highest BCUT2D eigenvalue weighted by Gasteiger charge is 2.02. The Bertz CT molecular complexity index is 404. The molecule has 1 unspecified atom stereocenters. The fourth-order valence-electron chi connectivity index (χ4n) is 1.82. The summed E-state index contributed by atoms with van der Waals surface area (Å²) in [5, 5.41) is 6.69. The van der Waals surface area contributed by atoms with Crippen LogP contribution in [0.1, 0.15) is 38.3 Å². The molecular formula is C16H28IN3. The molecule has 0 heterocycles. The molecule has 0 saturated carbocycles. The molecule has 1 aromatic rings. The monoisotopic (exact) mass is 389 g/mol. The maximum atomic E-state index is 4.62. The first-order valence-corrected chi connectivity index (χ1v) is 7.26. The summed E-state index contributed by atoms with van der Waals surface area (Å²) in [5.74, 6) is 0.921. The summed E-state index contributed by atoms with van der Waals surface area (Å²) >= 11 is 0. The van der Waals surface area contributed by atoms with E-state index in [0.29, 0.717) is 6.04 Å². The lowest BCUT2D eigenvalue weighted by Crippen LogP contribution is -2.42. The average molecular weight is 389 g/mol. The van der Waals surface area contributed by atoms with Gasteiger partial charge in [0.15, 0.2) is 5.96 Å². The van der Waals surface area contributed by atoms with Crippen LogP contribution in [0.5, 0.6) is 0 Å². The van der Waals surface area contributed by atoms with E-state index in [1.807, 2.05) is 0 Å². The van der Waals surface area contributed by atoms with Crippen molar-refractivity contribution in [1.82, 2.24) is 10.6 Å². The predicted octanol–water partition coefficient (Wildman–Crippen LogP) is 3.51. The maximum Gasteiger partial charge on any atom is 0.191 e. The number of nitrogens with one attached hydrogen (secondary N) is 2. The second-order valence-corrected chi connectivity index (χ2v) is 4.95. The van der Waals surface area contributed by atoms with E-state index < -0.39 is 0 Å². The van der Waals surface area contributed by atoms with Gasteiger partial charge in [-0.1, -0.05) is 36.8 Å².